The lowest BCUT2D eigenvalue weighted by molar-refractivity contribution is -0.116. The Hall–Kier alpha value is -0.0200. The molecule has 2 N–H and O–H groups in total. The van der Waals surface area contributed by atoms with Gasteiger partial charge < -0.3 is 5.73 Å². The van der Waals surface area contributed by atoms with Gasteiger partial charge in [0.25, 0.3) is 0 Å². The van der Waals surface area contributed by atoms with Gasteiger partial charge in [-0.1, -0.05) is 6.92 Å². The van der Waals surface area contributed by atoms with Crippen molar-refractivity contribution in [3.63, 3.8) is 0 Å². The number of carbonyl (C=O) groups excluding carboxylic acids is 1. The second-order valence-corrected chi connectivity index (χ2v) is 2.99. The van der Waals surface area contributed by atoms with E-state index < -0.39 is 0 Å². The van der Waals surface area contributed by atoms with Crippen molar-refractivity contribution in [2.24, 2.45) is 5.73 Å². The minimum Gasteiger partial charge on any atom is -0.330 e. The van der Waals surface area contributed by atoms with Crippen LogP contribution in [0.25, 0.3) is 0 Å². The third-order valence-electron chi connectivity index (χ3n) is 0.890. The van der Waals surface area contributed by atoms with Crippen LogP contribution in [0.1, 0.15) is 13.3 Å². The van der Waals surface area contributed by atoms with Crippen LogP contribution >= 0.6 is 11.8 Å². The van der Waals surface area contributed by atoms with Gasteiger partial charge in [0.15, 0.2) is 0 Å². The molecule has 0 aromatic heterocycles. The first-order chi connectivity index (χ1) is 4.31. The lowest BCUT2D eigenvalue weighted by Gasteiger charge is -1.94. The molecule has 0 aromatic carbocycles. The van der Waals surface area contributed by atoms with Gasteiger partial charge in [0.05, 0.1) is 5.75 Å². The number of hydrogen-bond donors (Lipinski definition) is 1. The Kier molecular flexibility index (Phi) is 6.09. The van der Waals surface area contributed by atoms with Crippen LogP contribution in [-0.4, -0.2) is 23.8 Å². The van der Waals surface area contributed by atoms with Crippen molar-refractivity contribution in [2.45, 2.75) is 13.3 Å². The second-order valence-electron chi connectivity index (χ2n) is 1.71. The molecule has 0 radical (unpaired) electrons. The van der Waals surface area contributed by atoms with E-state index in [0.29, 0.717) is 18.7 Å². The van der Waals surface area contributed by atoms with Crippen molar-refractivity contribution in [3.8, 4) is 0 Å². The molecule has 0 aliphatic rings. The minimum atomic E-state index is 0.268. The van der Waals surface area contributed by atoms with E-state index in [1.807, 2.05) is 6.92 Å². The number of rotatable bonds is 5. The molecule has 2 nitrogen and oxygen atoms in total. The van der Waals surface area contributed by atoms with Crippen LogP contribution in [0, 0.1) is 0 Å². The van der Waals surface area contributed by atoms with Gasteiger partial charge in [-0.3, -0.25) is 4.79 Å². The Balaban J connectivity index is 3.06. The first-order valence-electron chi connectivity index (χ1n) is 3.10. The molecule has 0 fully saturated rings. The average Bonchev–Trinajstić information content (AvgIpc) is 1.85. The van der Waals surface area contributed by atoms with Gasteiger partial charge in [0.2, 0.25) is 0 Å². The van der Waals surface area contributed by atoms with Crippen molar-refractivity contribution < 1.29 is 4.79 Å². The standard InChI is InChI=1S/C6H13NOS/c1-2-9-5-6(8)3-4-7/h2-5,7H2,1H3. The van der Waals surface area contributed by atoms with Crippen LogP contribution in [0.4, 0.5) is 0 Å². The van der Waals surface area contributed by atoms with Crippen molar-refractivity contribution in [1.29, 1.82) is 0 Å². The van der Waals surface area contributed by atoms with Crippen LogP contribution in [0.2, 0.25) is 0 Å². The fraction of sp³-hybridized carbons (Fsp3) is 0.833. The highest BCUT2D eigenvalue weighted by Crippen LogP contribution is 1.98. The molecule has 3 heteroatoms. The summed E-state index contributed by atoms with van der Waals surface area (Å²) >= 11 is 1.65. The normalized spacial score (nSPS) is 9.56. The zero-order valence-electron chi connectivity index (χ0n) is 5.72. The van der Waals surface area contributed by atoms with Gasteiger partial charge >= 0.3 is 0 Å². The van der Waals surface area contributed by atoms with Crippen molar-refractivity contribution >= 4 is 17.5 Å². The molecule has 0 saturated heterocycles. The Morgan fingerprint density at radius 3 is 2.78 bits per heavy atom. The van der Waals surface area contributed by atoms with Gasteiger partial charge in [-0.15, -0.1) is 0 Å². The molecule has 9 heavy (non-hydrogen) atoms. The molecule has 0 aromatic rings. The maximum atomic E-state index is 10.7. The topological polar surface area (TPSA) is 43.1 Å². The van der Waals surface area contributed by atoms with E-state index in [1.54, 1.807) is 11.8 Å². The van der Waals surface area contributed by atoms with Gasteiger partial charge in [0, 0.05) is 6.42 Å². The third kappa shape index (κ3) is 5.86. The lowest BCUT2D eigenvalue weighted by atomic mass is 10.3. The molecule has 0 rings (SSSR count). The number of thioether (sulfide) groups is 1. The summed E-state index contributed by atoms with van der Waals surface area (Å²) in [5, 5.41) is 0. The fourth-order valence-electron chi connectivity index (χ4n) is 0.449. The fourth-order valence-corrected chi connectivity index (χ4v) is 1.03. The van der Waals surface area contributed by atoms with E-state index in [0.717, 1.165) is 5.75 Å². The van der Waals surface area contributed by atoms with Gasteiger partial charge in [0.1, 0.15) is 5.78 Å². The first kappa shape index (κ1) is 8.98. The van der Waals surface area contributed by atoms with Gasteiger partial charge in [-0.2, -0.15) is 11.8 Å². The smallest absolute Gasteiger partial charge is 0.144 e. The maximum Gasteiger partial charge on any atom is 0.144 e. The maximum absolute atomic E-state index is 10.7. The first-order valence-corrected chi connectivity index (χ1v) is 4.26. The average molecular weight is 147 g/mol. The molecular weight excluding hydrogens is 134 g/mol. The van der Waals surface area contributed by atoms with Gasteiger partial charge in [-0.25, -0.2) is 0 Å². The molecule has 0 aliphatic heterocycles. The summed E-state index contributed by atoms with van der Waals surface area (Å²) in [6.07, 6.45) is 0.535. The molecule has 0 atom stereocenters. The van der Waals surface area contributed by atoms with Crippen LogP contribution in [0.5, 0.6) is 0 Å². The third-order valence-corrected chi connectivity index (χ3v) is 1.82. The summed E-state index contributed by atoms with van der Waals surface area (Å²) < 4.78 is 0. The largest absolute Gasteiger partial charge is 0.330 e. The van der Waals surface area contributed by atoms with Gasteiger partial charge in [-0.05, 0) is 12.3 Å². The summed E-state index contributed by atoms with van der Waals surface area (Å²) in [5.74, 6) is 1.91. The molecule has 0 saturated carbocycles. The van der Waals surface area contributed by atoms with Crippen LogP contribution < -0.4 is 5.73 Å². The van der Waals surface area contributed by atoms with E-state index in [4.69, 9.17) is 5.73 Å². The lowest BCUT2D eigenvalue weighted by Crippen LogP contribution is -2.09. The number of nitrogens with two attached hydrogens (primary N) is 1. The highest BCUT2D eigenvalue weighted by atomic mass is 32.2. The molecule has 0 aliphatic carbocycles. The minimum absolute atomic E-state index is 0.268. The van der Waals surface area contributed by atoms with E-state index >= 15 is 0 Å². The second kappa shape index (κ2) is 6.11. The predicted octanol–water partition coefficient (Wildman–Crippen LogP) is 0.657. The Morgan fingerprint density at radius 2 is 2.33 bits per heavy atom. The molecule has 0 amide bonds. The SMILES string of the molecule is CCSCC(=O)CCN. The monoisotopic (exact) mass is 147 g/mol. The molecule has 54 valence electrons. The summed E-state index contributed by atoms with van der Waals surface area (Å²) in [5.41, 5.74) is 5.17. The molecule has 0 heterocycles. The number of Topliss-reactive ketones (excluding diaryl/α,β-unsaturated/α-hetero) is 1. The van der Waals surface area contributed by atoms with Crippen LogP contribution in [0.3, 0.4) is 0 Å². The molecular formula is C6H13NOS. The Bertz CT molecular complexity index is 85.1. The Labute approximate surface area is 60.2 Å². The highest BCUT2D eigenvalue weighted by molar-refractivity contribution is 7.99. The number of hydrogen-bond acceptors (Lipinski definition) is 3. The van der Waals surface area contributed by atoms with Crippen LogP contribution in [-0.2, 0) is 4.79 Å². The van der Waals surface area contributed by atoms with Crippen molar-refractivity contribution in [2.75, 3.05) is 18.1 Å². The predicted molar refractivity (Wildman–Crippen MR) is 41.7 cm³/mol. The molecule has 0 unspecified atom stereocenters. The quantitative estimate of drug-likeness (QED) is 0.621. The van der Waals surface area contributed by atoms with Crippen LogP contribution in [0.15, 0.2) is 0 Å². The molecule has 0 bridgehead atoms. The zero-order valence-corrected chi connectivity index (χ0v) is 6.54. The summed E-state index contributed by atoms with van der Waals surface area (Å²) in [6, 6.07) is 0. The summed E-state index contributed by atoms with van der Waals surface area (Å²) in [6.45, 7) is 2.53. The highest BCUT2D eigenvalue weighted by Gasteiger charge is 1.97. The Morgan fingerprint density at radius 1 is 1.67 bits per heavy atom. The zero-order chi connectivity index (χ0) is 7.11. The van der Waals surface area contributed by atoms with Crippen molar-refractivity contribution in [1.82, 2.24) is 0 Å². The number of ketones is 1. The van der Waals surface area contributed by atoms with E-state index in [2.05, 4.69) is 0 Å². The summed E-state index contributed by atoms with van der Waals surface area (Å²) in [4.78, 5) is 10.7. The van der Waals surface area contributed by atoms with E-state index in [1.165, 1.54) is 0 Å². The number of carbonyl (C=O) groups is 1. The van der Waals surface area contributed by atoms with E-state index in [-0.39, 0.29) is 5.78 Å². The van der Waals surface area contributed by atoms with Crippen molar-refractivity contribution in [3.05, 3.63) is 0 Å². The van der Waals surface area contributed by atoms with E-state index in [9.17, 15) is 4.79 Å². The summed E-state index contributed by atoms with van der Waals surface area (Å²) in [7, 11) is 0. The molecule has 0 spiro atoms.